The number of rotatable bonds is 3. The SMILES string of the molecule is C/C=C\C=C(/C)C1(OC)CCNCC1O.CC. The second kappa shape index (κ2) is 8.45. The normalized spacial score (nSPS) is 30.0. The van der Waals surface area contributed by atoms with Gasteiger partial charge in [0, 0.05) is 13.7 Å². The Morgan fingerprint density at radius 3 is 2.59 bits per heavy atom. The lowest BCUT2D eigenvalue weighted by Gasteiger charge is -2.41. The highest BCUT2D eigenvalue weighted by atomic mass is 16.5. The summed E-state index contributed by atoms with van der Waals surface area (Å²) in [5, 5.41) is 13.2. The molecule has 17 heavy (non-hydrogen) atoms. The lowest BCUT2D eigenvalue weighted by molar-refractivity contribution is -0.0919. The molecule has 0 aliphatic carbocycles. The van der Waals surface area contributed by atoms with Crippen LogP contribution in [0.5, 0.6) is 0 Å². The van der Waals surface area contributed by atoms with Gasteiger partial charge in [-0.3, -0.25) is 0 Å². The first kappa shape index (κ1) is 16.4. The van der Waals surface area contributed by atoms with Crippen molar-refractivity contribution in [2.45, 2.75) is 45.8 Å². The van der Waals surface area contributed by atoms with Crippen LogP contribution in [0.25, 0.3) is 0 Å². The fourth-order valence-electron chi connectivity index (χ4n) is 2.09. The van der Waals surface area contributed by atoms with Crippen LogP contribution in [0.1, 0.15) is 34.1 Å². The van der Waals surface area contributed by atoms with Gasteiger partial charge in [-0.1, -0.05) is 32.1 Å². The molecule has 0 radical (unpaired) electrons. The van der Waals surface area contributed by atoms with Crippen LogP contribution in [0.4, 0.5) is 0 Å². The number of piperidine rings is 1. The second-order valence-electron chi connectivity index (χ2n) is 3.94. The van der Waals surface area contributed by atoms with E-state index < -0.39 is 11.7 Å². The molecule has 0 spiro atoms. The summed E-state index contributed by atoms with van der Waals surface area (Å²) in [6.45, 7) is 9.46. The van der Waals surface area contributed by atoms with Gasteiger partial charge in [-0.2, -0.15) is 0 Å². The standard InChI is InChI=1S/C12H21NO2.C2H6/c1-4-5-6-10(2)12(15-3)7-8-13-9-11(12)14;1-2/h4-6,11,13-14H,7-9H2,1-3H3;1-2H3/b5-4-,10-6+;. The summed E-state index contributed by atoms with van der Waals surface area (Å²) >= 11 is 0. The number of hydrogen-bond acceptors (Lipinski definition) is 3. The van der Waals surface area contributed by atoms with Crippen LogP contribution in [0.15, 0.2) is 23.8 Å². The Kier molecular flexibility index (Phi) is 8.13. The van der Waals surface area contributed by atoms with E-state index in [0.29, 0.717) is 6.54 Å². The Morgan fingerprint density at radius 1 is 1.47 bits per heavy atom. The van der Waals surface area contributed by atoms with Crippen LogP contribution < -0.4 is 5.32 Å². The van der Waals surface area contributed by atoms with Crippen LogP contribution in [-0.4, -0.2) is 37.0 Å². The van der Waals surface area contributed by atoms with Crippen molar-refractivity contribution < 1.29 is 9.84 Å². The molecule has 0 aromatic heterocycles. The molecule has 1 aliphatic rings. The summed E-state index contributed by atoms with van der Waals surface area (Å²) in [7, 11) is 1.67. The van der Waals surface area contributed by atoms with Crippen LogP contribution >= 0.6 is 0 Å². The molecule has 2 atom stereocenters. The maximum absolute atomic E-state index is 10.0. The molecule has 1 fully saturated rings. The molecule has 3 nitrogen and oxygen atoms in total. The van der Waals surface area contributed by atoms with Gasteiger partial charge < -0.3 is 15.2 Å². The van der Waals surface area contributed by atoms with E-state index in [-0.39, 0.29) is 0 Å². The smallest absolute Gasteiger partial charge is 0.117 e. The minimum absolute atomic E-state index is 0.474. The monoisotopic (exact) mass is 241 g/mol. The van der Waals surface area contributed by atoms with E-state index in [1.54, 1.807) is 7.11 Å². The number of aliphatic hydroxyl groups excluding tert-OH is 1. The molecule has 0 amide bonds. The van der Waals surface area contributed by atoms with E-state index in [9.17, 15) is 5.11 Å². The molecule has 0 bridgehead atoms. The van der Waals surface area contributed by atoms with Crippen LogP contribution in [0, 0.1) is 0 Å². The quantitative estimate of drug-likeness (QED) is 0.745. The van der Waals surface area contributed by atoms with Gasteiger partial charge in [-0.25, -0.2) is 0 Å². The molecule has 1 saturated heterocycles. The number of hydrogen-bond donors (Lipinski definition) is 2. The molecule has 100 valence electrons. The van der Waals surface area contributed by atoms with Crippen molar-refractivity contribution in [2.24, 2.45) is 0 Å². The van der Waals surface area contributed by atoms with Gasteiger partial charge in [0.15, 0.2) is 0 Å². The van der Waals surface area contributed by atoms with E-state index >= 15 is 0 Å². The Bertz CT molecular complexity index is 261. The van der Waals surface area contributed by atoms with E-state index in [2.05, 4.69) is 5.32 Å². The van der Waals surface area contributed by atoms with Crippen molar-refractivity contribution in [1.82, 2.24) is 5.32 Å². The Morgan fingerprint density at radius 2 is 2.12 bits per heavy atom. The molecule has 0 aromatic carbocycles. The maximum Gasteiger partial charge on any atom is 0.117 e. The van der Waals surface area contributed by atoms with Gasteiger partial charge >= 0.3 is 0 Å². The predicted octanol–water partition coefficient (Wildman–Crippen LogP) is 2.27. The molecular weight excluding hydrogens is 214 g/mol. The summed E-state index contributed by atoms with van der Waals surface area (Å²) < 4.78 is 5.56. The third-order valence-electron chi connectivity index (χ3n) is 3.12. The highest BCUT2D eigenvalue weighted by Gasteiger charge is 2.41. The van der Waals surface area contributed by atoms with Crippen molar-refractivity contribution in [3.8, 4) is 0 Å². The minimum atomic E-state index is -0.509. The first-order valence-electron chi connectivity index (χ1n) is 6.41. The van der Waals surface area contributed by atoms with Gasteiger partial charge in [0.1, 0.15) is 5.60 Å². The van der Waals surface area contributed by atoms with Gasteiger partial charge in [0.25, 0.3) is 0 Å². The fraction of sp³-hybridized carbons (Fsp3) is 0.714. The molecule has 1 aliphatic heterocycles. The first-order valence-corrected chi connectivity index (χ1v) is 6.41. The van der Waals surface area contributed by atoms with Gasteiger partial charge in [0.2, 0.25) is 0 Å². The topological polar surface area (TPSA) is 41.5 Å². The zero-order valence-electron chi connectivity index (χ0n) is 11.8. The highest BCUT2D eigenvalue weighted by Crippen LogP contribution is 2.30. The van der Waals surface area contributed by atoms with Crippen molar-refractivity contribution in [3.05, 3.63) is 23.8 Å². The van der Waals surface area contributed by atoms with Crippen LogP contribution in [0.3, 0.4) is 0 Å². The van der Waals surface area contributed by atoms with Crippen molar-refractivity contribution in [2.75, 3.05) is 20.2 Å². The molecule has 0 aromatic rings. The average Bonchev–Trinajstić information content (AvgIpc) is 2.39. The lowest BCUT2D eigenvalue weighted by atomic mass is 9.82. The van der Waals surface area contributed by atoms with Gasteiger partial charge in [-0.15, -0.1) is 0 Å². The lowest BCUT2D eigenvalue weighted by Crippen LogP contribution is -2.55. The zero-order chi connectivity index (χ0) is 13.3. The van der Waals surface area contributed by atoms with Crippen molar-refractivity contribution in [1.29, 1.82) is 0 Å². The average molecular weight is 241 g/mol. The van der Waals surface area contributed by atoms with Gasteiger partial charge in [0.05, 0.1) is 6.10 Å². The molecule has 0 saturated carbocycles. The predicted molar refractivity (Wildman–Crippen MR) is 73.2 cm³/mol. The molecule has 1 heterocycles. The summed E-state index contributed by atoms with van der Waals surface area (Å²) in [4.78, 5) is 0. The summed E-state index contributed by atoms with van der Waals surface area (Å²) in [5.74, 6) is 0. The number of aliphatic hydroxyl groups is 1. The van der Waals surface area contributed by atoms with Crippen LogP contribution in [0.2, 0.25) is 0 Å². The molecule has 2 unspecified atom stereocenters. The summed E-state index contributed by atoms with van der Waals surface area (Å²) in [6.07, 6.45) is 6.30. The Balaban J connectivity index is 0.00000121. The Labute approximate surface area is 106 Å². The maximum atomic E-state index is 10.0. The second-order valence-corrected chi connectivity index (χ2v) is 3.94. The van der Waals surface area contributed by atoms with Crippen LogP contribution in [-0.2, 0) is 4.74 Å². The first-order chi connectivity index (χ1) is 8.17. The van der Waals surface area contributed by atoms with E-state index in [1.807, 2.05) is 45.9 Å². The highest BCUT2D eigenvalue weighted by molar-refractivity contribution is 5.24. The molecule has 3 heteroatoms. The number of nitrogens with one attached hydrogen (secondary N) is 1. The summed E-state index contributed by atoms with van der Waals surface area (Å²) in [6, 6.07) is 0. The van der Waals surface area contributed by atoms with Crippen molar-refractivity contribution >= 4 is 0 Å². The minimum Gasteiger partial charge on any atom is -0.388 e. The molecule has 1 rings (SSSR count). The number of allylic oxidation sites excluding steroid dienone is 3. The zero-order valence-corrected chi connectivity index (χ0v) is 11.8. The fourth-order valence-corrected chi connectivity index (χ4v) is 2.09. The van der Waals surface area contributed by atoms with E-state index in [1.165, 1.54) is 0 Å². The van der Waals surface area contributed by atoms with E-state index in [0.717, 1.165) is 18.5 Å². The van der Waals surface area contributed by atoms with Gasteiger partial charge in [-0.05, 0) is 32.4 Å². The Hall–Kier alpha value is -0.640. The third-order valence-corrected chi connectivity index (χ3v) is 3.12. The number of ether oxygens (including phenoxy) is 1. The van der Waals surface area contributed by atoms with Crippen molar-refractivity contribution in [3.63, 3.8) is 0 Å². The molecular formula is C14H27NO2. The van der Waals surface area contributed by atoms with E-state index in [4.69, 9.17) is 4.74 Å². The molecule has 2 N–H and O–H groups in total. The largest absolute Gasteiger partial charge is 0.388 e. The summed E-state index contributed by atoms with van der Waals surface area (Å²) in [5.41, 5.74) is 0.571. The number of methoxy groups -OCH3 is 1. The number of β-amino-alcohol motifs (C(OH)–C–C–N with tert-alkyl or cyclic N) is 1. The third kappa shape index (κ3) is 3.95.